The summed E-state index contributed by atoms with van der Waals surface area (Å²) in [6.07, 6.45) is 4.74. The summed E-state index contributed by atoms with van der Waals surface area (Å²) in [7, 11) is 0. The van der Waals surface area contributed by atoms with E-state index in [0.717, 1.165) is 25.7 Å². The molecule has 0 aliphatic heterocycles. The maximum absolute atomic E-state index is 11.3. The summed E-state index contributed by atoms with van der Waals surface area (Å²) >= 11 is 0. The van der Waals surface area contributed by atoms with E-state index in [4.69, 9.17) is 0 Å². The fraction of sp³-hybridized carbons (Fsp3) is 0.636. The molecular formula is C22H34O4. The lowest BCUT2D eigenvalue weighted by molar-refractivity contribution is -0.148. The first kappa shape index (κ1) is 22.2. The molecule has 0 heterocycles. The van der Waals surface area contributed by atoms with Crippen LogP contribution in [-0.4, -0.2) is 22.2 Å². The zero-order valence-electron chi connectivity index (χ0n) is 17.1. The molecule has 0 radical (unpaired) electrons. The van der Waals surface area contributed by atoms with E-state index >= 15 is 0 Å². The number of aliphatic carboxylic acids is 2. The van der Waals surface area contributed by atoms with Crippen LogP contribution >= 0.6 is 0 Å². The van der Waals surface area contributed by atoms with Crippen molar-refractivity contribution in [1.82, 2.24) is 0 Å². The first-order chi connectivity index (χ1) is 11.9. The van der Waals surface area contributed by atoms with Crippen LogP contribution in [0.3, 0.4) is 0 Å². The van der Waals surface area contributed by atoms with Crippen molar-refractivity contribution in [2.24, 2.45) is 10.8 Å². The lowest BCUT2D eigenvalue weighted by atomic mass is 9.84. The highest BCUT2D eigenvalue weighted by Gasteiger charge is 2.27. The topological polar surface area (TPSA) is 74.6 Å². The molecule has 0 aromatic heterocycles. The van der Waals surface area contributed by atoms with Gasteiger partial charge in [0, 0.05) is 0 Å². The van der Waals surface area contributed by atoms with E-state index in [1.807, 2.05) is 0 Å². The maximum Gasteiger partial charge on any atom is 0.309 e. The molecule has 0 aliphatic carbocycles. The maximum atomic E-state index is 11.3. The van der Waals surface area contributed by atoms with E-state index in [-0.39, 0.29) is 0 Å². The van der Waals surface area contributed by atoms with Gasteiger partial charge in [0.2, 0.25) is 0 Å². The summed E-state index contributed by atoms with van der Waals surface area (Å²) < 4.78 is 0. The lowest BCUT2D eigenvalue weighted by Crippen LogP contribution is -2.23. The van der Waals surface area contributed by atoms with Crippen LogP contribution in [0.1, 0.15) is 75.6 Å². The van der Waals surface area contributed by atoms with Gasteiger partial charge in [-0.1, -0.05) is 12.1 Å². The summed E-state index contributed by atoms with van der Waals surface area (Å²) in [6, 6.07) is 4.27. The van der Waals surface area contributed by atoms with Gasteiger partial charge >= 0.3 is 11.9 Å². The molecule has 0 fully saturated rings. The monoisotopic (exact) mass is 362 g/mol. The molecule has 0 unspecified atom stereocenters. The Kier molecular flexibility index (Phi) is 7.43. The second-order valence-electron chi connectivity index (χ2n) is 8.73. The Bertz CT molecular complexity index is 656. The summed E-state index contributed by atoms with van der Waals surface area (Å²) in [5, 5.41) is 18.5. The molecular weight excluding hydrogens is 328 g/mol. The highest BCUT2D eigenvalue weighted by molar-refractivity contribution is 5.73. The van der Waals surface area contributed by atoms with Gasteiger partial charge in [-0.15, -0.1) is 0 Å². The largest absolute Gasteiger partial charge is 0.481 e. The smallest absolute Gasteiger partial charge is 0.309 e. The van der Waals surface area contributed by atoms with Crippen molar-refractivity contribution in [3.05, 3.63) is 34.4 Å². The molecule has 0 bridgehead atoms. The second-order valence-corrected chi connectivity index (χ2v) is 8.73. The third-order valence-electron chi connectivity index (χ3n) is 5.58. The number of hydrogen-bond acceptors (Lipinski definition) is 2. The van der Waals surface area contributed by atoms with E-state index in [0.29, 0.717) is 12.8 Å². The Labute approximate surface area is 157 Å². The fourth-order valence-electron chi connectivity index (χ4n) is 3.24. The average Bonchev–Trinajstić information content (AvgIpc) is 2.52. The third-order valence-corrected chi connectivity index (χ3v) is 5.58. The molecule has 4 nitrogen and oxygen atoms in total. The SMILES string of the molecule is Cc1ccc(CCCC(C)(C)C(=O)O)c(C)c1CCCC(C)(C)C(=O)O. The first-order valence-electron chi connectivity index (χ1n) is 9.43. The predicted molar refractivity (Wildman–Crippen MR) is 105 cm³/mol. The molecule has 1 rings (SSSR count). The number of carboxylic acid groups (broad SMARTS) is 2. The molecule has 4 heteroatoms. The van der Waals surface area contributed by atoms with Crippen LogP contribution in [0.25, 0.3) is 0 Å². The van der Waals surface area contributed by atoms with E-state index in [1.165, 1.54) is 22.3 Å². The minimum atomic E-state index is -0.750. The molecule has 0 spiro atoms. The van der Waals surface area contributed by atoms with Crippen molar-refractivity contribution in [2.75, 3.05) is 0 Å². The summed E-state index contributed by atoms with van der Waals surface area (Å²) in [5.41, 5.74) is 3.70. The number of aryl methyl sites for hydroxylation is 2. The second kappa shape index (κ2) is 8.70. The molecule has 2 N–H and O–H groups in total. The van der Waals surface area contributed by atoms with Crippen molar-refractivity contribution in [3.8, 4) is 0 Å². The van der Waals surface area contributed by atoms with Crippen LogP contribution in [0, 0.1) is 24.7 Å². The summed E-state index contributed by atoms with van der Waals surface area (Å²) in [6.45, 7) is 11.3. The molecule has 26 heavy (non-hydrogen) atoms. The van der Waals surface area contributed by atoms with Crippen LogP contribution in [0.5, 0.6) is 0 Å². The van der Waals surface area contributed by atoms with Gasteiger partial charge in [-0.25, -0.2) is 0 Å². The first-order valence-corrected chi connectivity index (χ1v) is 9.43. The van der Waals surface area contributed by atoms with Crippen molar-refractivity contribution in [1.29, 1.82) is 0 Å². The Balaban J connectivity index is 2.76. The number of hydrogen-bond donors (Lipinski definition) is 2. The normalized spacial score (nSPS) is 12.2. The predicted octanol–water partition coefficient (Wildman–Crippen LogP) is 5.17. The molecule has 0 atom stereocenters. The van der Waals surface area contributed by atoms with Crippen molar-refractivity contribution < 1.29 is 19.8 Å². The molecule has 1 aromatic carbocycles. The van der Waals surface area contributed by atoms with Crippen LogP contribution in [-0.2, 0) is 22.4 Å². The number of carboxylic acids is 2. The van der Waals surface area contributed by atoms with E-state index in [9.17, 15) is 19.8 Å². The Morgan fingerprint density at radius 1 is 0.846 bits per heavy atom. The quantitative estimate of drug-likeness (QED) is 0.602. The van der Waals surface area contributed by atoms with Gasteiger partial charge < -0.3 is 10.2 Å². The number of rotatable bonds is 10. The van der Waals surface area contributed by atoms with Gasteiger partial charge in [0.25, 0.3) is 0 Å². The zero-order chi connectivity index (χ0) is 20.1. The fourth-order valence-corrected chi connectivity index (χ4v) is 3.24. The van der Waals surface area contributed by atoms with Gasteiger partial charge in [0.05, 0.1) is 10.8 Å². The molecule has 0 saturated carbocycles. The van der Waals surface area contributed by atoms with Gasteiger partial charge in [0.15, 0.2) is 0 Å². The van der Waals surface area contributed by atoms with Crippen molar-refractivity contribution in [3.63, 3.8) is 0 Å². The van der Waals surface area contributed by atoms with E-state index < -0.39 is 22.8 Å². The third kappa shape index (κ3) is 5.86. The minimum absolute atomic E-state index is 0.651. The molecule has 0 amide bonds. The standard InChI is InChI=1S/C22H34O4/c1-15-11-12-17(9-7-13-21(3,4)19(23)24)16(2)18(15)10-8-14-22(5,6)20(25)26/h11-12H,7-10,13-14H2,1-6H3,(H,23,24)(H,25,26). The molecule has 0 aliphatic rings. The van der Waals surface area contributed by atoms with Gasteiger partial charge in [-0.05, 0) is 102 Å². The van der Waals surface area contributed by atoms with Crippen molar-refractivity contribution in [2.45, 2.75) is 80.1 Å². The van der Waals surface area contributed by atoms with Crippen molar-refractivity contribution >= 4 is 11.9 Å². The van der Waals surface area contributed by atoms with Gasteiger partial charge in [-0.2, -0.15) is 0 Å². The number of benzene rings is 1. The van der Waals surface area contributed by atoms with Crippen LogP contribution in [0.2, 0.25) is 0 Å². The van der Waals surface area contributed by atoms with Gasteiger partial charge in [-0.3, -0.25) is 9.59 Å². The lowest BCUT2D eigenvalue weighted by Gasteiger charge is -2.21. The summed E-state index contributed by atoms with van der Waals surface area (Å²) in [4.78, 5) is 22.5. The Hall–Kier alpha value is -1.84. The Morgan fingerprint density at radius 3 is 1.77 bits per heavy atom. The number of carbonyl (C=O) groups is 2. The molecule has 0 saturated heterocycles. The van der Waals surface area contributed by atoms with E-state index in [1.54, 1.807) is 27.7 Å². The van der Waals surface area contributed by atoms with E-state index in [2.05, 4.69) is 26.0 Å². The van der Waals surface area contributed by atoms with Gasteiger partial charge in [0.1, 0.15) is 0 Å². The molecule has 1 aromatic rings. The summed E-state index contributed by atoms with van der Waals surface area (Å²) in [5.74, 6) is -1.50. The van der Waals surface area contributed by atoms with Crippen LogP contribution < -0.4 is 0 Å². The molecule has 146 valence electrons. The Morgan fingerprint density at radius 2 is 1.31 bits per heavy atom. The average molecular weight is 363 g/mol. The van der Waals surface area contributed by atoms with Crippen LogP contribution in [0.15, 0.2) is 12.1 Å². The highest BCUT2D eigenvalue weighted by atomic mass is 16.4. The zero-order valence-corrected chi connectivity index (χ0v) is 17.1. The van der Waals surface area contributed by atoms with Crippen LogP contribution in [0.4, 0.5) is 0 Å². The highest BCUT2D eigenvalue weighted by Crippen LogP contribution is 2.28. The minimum Gasteiger partial charge on any atom is -0.481 e.